The van der Waals surface area contributed by atoms with Crippen LogP contribution in [0.5, 0.6) is 0 Å². The van der Waals surface area contributed by atoms with Crippen molar-refractivity contribution in [1.82, 2.24) is 9.78 Å². The molecule has 2 N–H and O–H groups in total. The van der Waals surface area contributed by atoms with Gasteiger partial charge in [-0.2, -0.15) is 5.10 Å². The van der Waals surface area contributed by atoms with Crippen LogP contribution in [0.4, 0.5) is 0 Å². The average Bonchev–Trinajstić information content (AvgIpc) is 2.78. The molecule has 0 bridgehead atoms. The van der Waals surface area contributed by atoms with Crippen LogP contribution in [-0.4, -0.2) is 15.8 Å². The van der Waals surface area contributed by atoms with Crippen LogP contribution in [0.15, 0.2) is 12.3 Å². The van der Waals surface area contributed by atoms with E-state index in [-0.39, 0.29) is 6.04 Å². The van der Waals surface area contributed by atoms with E-state index in [2.05, 4.69) is 56.7 Å². The second-order valence-electron chi connectivity index (χ2n) is 5.73. The van der Waals surface area contributed by atoms with Crippen molar-refractivity contribution < 1.29 is 0 Å². The van der Waals surface area contributed by atoms with E-state index in [1.54, 1.807) is 0 Å². The molecule has 0 spiro atoms. The lowest BCUT2D eigenvalue weighted by atomic mass is 9.88. The molecule has 1 rings (SSSR count). The molecule has 0 aliphatic carbocycles. The van der Waals surface area contributed by atoms with Crippen molar-refractivity contribution in [2.75, 3.05) is 0 Å². The summed E-state index contributed by atoms with van der Waals surface area (Å²) >= 11 is 0. The fourth-order valence-corrected chi connectivity index (χ4v) is 2.27. The summed E-state index contributed by atoms with van der Waals surface area (Å²) < 4.78 is 2.10. The zero-order valence-corrected chi connectivity index (χ0v) is 12.6. The second kappa shape index (κ2) is 6.93. The molecule has 0 radical (unpaired) electrons. The van der Waals surface area contributed by atoms with Crippen molar-refractivity contribution in [2.45, 2.75) is 66.0 Å². The van der Waals surface area contributed by atoms with Crippen molar-refractivity contribution in [1.29, 1.82) is 0 Å². The fraction of sp³-hybridized carbons (Fsp3) is 0.800. The highest BCUT2D eigenvalue weighted by molar-refractivity contribution is 5.02. The maximum Gasteiger partial charge on any atom is 0.0640 e. The van der Waals surface area contributed by atoms with Gasteiger partial charge in [-0.3, -0.25) is 4.68 Å². The van der Waals surface area contributed by atoms with Gasteiger partial charge in [0.15, 0.2) is 0 Å². The molecule has 0 aliphatic heterocycles. The number of hydrogen-bond acceptors (Lipinski definition) is 2. The molecule has 0 fully saturated rings. The molecular weight excluding hydrogens is 222 g/mol. The van der Waals surface area contributed by atoms with E-state index in [9.17, 15) is 0 Å². The normalized spacial score (nSPS) is 15.3. The predicted octanol–water partition coefficient (Wildman–Crippen LogP) is 3.41. The van der Waals surface area contributed by atoms with Gasteiger partial charge >= 0.3 is 0 Å². The van der Waals surface area contributed by atoms with E-state index in [1.165, 1.54) is 0 Å². The van der Waals surface area contributed by atoms with Crippen molar-refractivity contribution in [3.63, 3.8) is 0 Å². The Balaban J connectivity index is 2.64. The van der Waals surface area contributed by atoms with E-state index in [0.29, 0.717) is 17.9 Å². The van der Waals surface area contributed by atoms with Crippen LogP contribution in [0.25, 0.3) is 0 Å². The first kappa shape index (κ1) is 15.2. The van der Waals surface area contributed by atoms with E-state index in [4.69, 9.17) is 5.73 Å². The van der Waals surface area contributed by atoms with Crippen molar-refractivity contribution >= 4 is 0 Å². The van der Waals surface area contributed by atoms with Crippen molar-refractivity contribution in [3.05, 3.63) is 18.0 Å². The smallest absolute Gasteiger partial charge is 0.0640 e. The van der Waals surface area contributed by atoms with Crippen LogP contribution in [0.1, 0.15) is 59.2 Å². The fourth-order valence-electron chi connectivity index (χ4n) is 2.27. The third kappa shape index (κ3) is 3.84. The van der Waals surface area contributed by atoms with Gasteiger partial charge in [-0.1, -0.05) is 34.6 Å². The molecule has 104 valence electrons. The number of rotatable bonds is 7. The highest BCUT2D eigenvalue weighted by Gasteiger charge is 2.18. The summed E-state index contributed by atoms with van der Waals surface area (Å²) in [6.07, 6.45) is 5.24. The molecule has 18 heavy (non-hydrogen) atoms. The molecule has 0 saturated carbocycles. The lowest BCUT2D eigenvalue weighted by Crippen LogP contribution is -2.33. The number of nitrogens with zero attached hydrogens (tertiary/aromatic N) is 2. The first-order valence-corrected chi connectivity index (χ1v) is 7.29. The Bertz CT molecular complexity index is 339. The Morgan fingerprint density at radius 2 is 1.83 bits per heavy atom. The molecule has 2 unspecified atom stereocenters. The van der Waals surface area contributed by atoms with E-state index < -0.39 is 0 Å². The topological polar surface area (TPSA) is 43.8 Å². The first-order chi connectivity index (χ1) is 8.49. The van der Waals surface area contributed by atoms with Crippen molar-refractivity contribution in [2.24, 2.45) is 17.6 Å². The highest BCUT2D eigenvalue weighted by atomic mass is 15.3. The minimum atomic E-state index is 0.204. The summed E-state index contributed by atoms with van der Waals surface area (Å²) in [4.78, 5) is 0. The summed E-state index contributed by atoms with van der Waals surface area (Å²) in [5.41, 5.74) is 7.38. The van der Waals surface area contributed by atoms with Gasteiger partial charge in [0.1, 0.15) is 0 Å². The lowest BCUT2D eigenvalue weighted by molar-refractivity contribution is 0.341. The van der Waals surface area contributed by atoms with E-state index in [0.717, 1.165) is 25.0 Å². The third-order valence-electron chi connectivity index (χ3n) is 4.15. The average molecular weight is 251 g/mol. The lowest BCUT2D eigenvalue weighted by Gasteiger charge is -2.22. The summed E-state index contributed by atoms with van der Waals surface area (Å²) in [6, 6.07) is 2.85. The van der Waals surface area contributed by atoms with Gasteiger partial charge in [0.05, 0.1) is 11.7 Å². The van der Waals surface area contributed by atoms with Gasteiger partial charge in [0, 0.05) is 18.7 Å². The summed E-state index contributed by atoms with van der Waals surface area (Å²) in [5, 5.41) is 4.67. The molecule has 3 heteroatoms. The predicted molar refractivity (Wildman–Crippen MR) is 77.5 cm³/mol. The largest absolute Gasteiger partial charge is 0.327 e. The molecular formula is C15H29N3. The second-order valence-corrected chi connectivity index (χ2v) is 5.73. The molecule has 1 aromatic heterocycles. The van der Waals surface area contributed by atoms with E-state index >= 15 is 0 Å². The Kier molecular flexibility index (Phi) is 5.86. The third-order valence-corrected chi connectivity index (χ3v) is 4.15. The van der Waals surface area contributed by atoms with Crippen LogP contribution < -0.4 is 5.73 Å². The summed E-state index contributed by atoms with van der Waals surface area (Å²) in [6.45, 7) is 11.1. The maximum atomic E-state index is 6.25. The molecule has 1 heterocycles. The van der Waals surface area contributed by atoms with Gasteiger partial charge in [0.25, 0.3) is 0 Å². The Morgan fingerprint density at radius 3 is 2.33 bits per heavy atom. The van der Waals surface area contributed by atoms with Crippen LogP contribution in [-0.2, 0) is 6.42 Å². The van der Waals surface area contributed by atoms with Crippen LogP contribution in [0.2, 0.25) is 0 Å². The number of nitrogens with two attached hydrogens (primary N) is 1. The van der Waals surface area contributed by atoms with Crippen LogP contribution in [0.3, 0.4) is 0 Å². The number of aromatic nitrogens is 2. The minimum absolute atomic E-state index is 0.204. The van der Waals surface area contributed by atoms with Gasteiger partial charge in [-0.25, -0.2) is 0 Å². The van der Waals surface area contributed by atoms with Crippen LogP contribution in [0, 0.1) is 11.8 Å². The van der Waals surface area contributed by atoms with E-state index in [1.807, 2.05) is 0 Å². The number of hydrogen-bond donors (Lipinski definition) is 1. The minimum Gasteiger partial charge on any atom is -0.327 e. The van der Waals surface area contributed by atoms with Gasteiger partial charge in [0.2, 0.25) is 0 Å². The highest BCUT2D eigenvalue weighted by Crippen LogP contribution is 2.18. The quantitative estimate of drug-likeness (QED) is 0.807. The Labute approximate surface area is 112 Å². The standard InChI is InChI=1S/C15H29N3/c1-6-14(7-2)18-9-8-13(17-18)10-15(16)12(5)11(3)4/h8-9,11-12,14-15H,6-7,10,16H2,1-5H3. The van der Waals surface area contributed by atoms with Gasteiger partial charge in [-0.15, -0.1) is 0 Å². The first-order valence-electron chi connectivity index (χ1n) is 7.29. The van der Waals surface area contributed by atoms with Gasteiger partial charge < -0.3 is 5.73 Å². The zero-order chi connectivity index (χ0) is 13.7. The van der Waals surface area contributed by atoms with Gasteiger partial charge in [-0.05, 0) is 30.7 Å². The maximum absolute atomic E-state index is 6.25. The molecule has 0 aliphatic rings. The monoisotopic (exact) mass is 251 g/mol. The molecule has 0 saturated heterocycles. The molecule has 3 nitrogen and oxygen atoms in total. The SMILES string of the molecule is CCC(CC)n1ccc(CC(N)C(C)C(C)C)n1. The Hall–Kier alpha value is -0.830. The Morgan fingerprint density at radius 1 is 1.22 bits per heavy atom. The van der Waals surface area contributed by atoms with Crippen molar-refractivity contribution in [3.8, 4) is 0 Å². The summed E-state index contributed by atoms with van der Waals surface area (Å²) in [7, 11) is 0. The molecule has 0 amide bonds. The molecule has 0 aromatic carbocycles. The zero-order valence-electron chi connectivity index (χ0n) is 12.6. The molecule has 1 aromatic rings. The van der Waals surface area contributed by atoms with Crippen LogP contribution >= 0.6 is 0 Å². The summed E-state index contributed by atoms with van der Waals surface area (Å²) in [5.74, 6) is 1.16. The molecule has 2 atom stereocenters.